The molecular formula is C8H12F4N2O4. The van der Waals surface area contributed by atoms with Crippen molar-refractivity contribution in [2.75, 3.05) is 13.1 Å². The first-order valence-corrected chi connectivity index (χ1v) is 4.75. The van der Waals surface area contributed by atoms with Gasteiger partial charge in [0.05, 0.1) is 6.54 Å². The summed E-state index contributed by atoms with van der Waals surface area (Å²) in [5.41, 5.74) is 0. The number of hydrogen-bond acceptors (Lipinski definition) is 3. The summed E-state index contributed by atoms with van der Waals surface area (Å²) in [6.45, 7) is -1.85. The Balaban J connectivity index is 3.83. The summed E-state index contributed by atoms with van der Waals surface area (Å²) in [6.07, 6.45) is -5.94. The van der Waals surface area contributed by atoms with Crippen LogP contribution in [0.3, 0.4) is 0 Å². The van der Waals surface area contributed by atoms with Gasteiger partial charge < -0.3 is 20.8 Å². The zero-order chi connectivity index (χ0) is 14.3. The second-order valence-electron chi connectivity index (χ2n) is 3.31. The van der Waals surface area contributed by atoms with Crippen molar-refractivity contribution in [1.82, 2.24) is 10.6 Å². The molecule has 0 fully saturated rings. The minimum Gasteiger partial charge on any atom is -0.479 e. The summed E-state index contributed by atoms with van der Waals surface area (Å²) < 4.78 is 48.1. The van der Waals surface area contributed by atoms with Gasteiger partial charge in [0.2, 0.25) is 0 Å². The van der Waals surface area contributed by atoms with Crippen LogP contribution >= 0.6 is 0 Å². The number of aliphatic hydroxyl groups is 1. The van der Waals surface area contributed by atoms with Crippen molar-refractivity contribution in [3.8, 4) is 0 Å². The van der Waals surface area contributed by atoms with Gasteiger partial charge in [-0.05, 0) is 0 Å². The Hall–Kier alpha value is -1.58. The normalized spacial score (nSPS) is 13.2. The van der Waals surface area contributed by atoms with Crippen LogP contribution in [-0.4, -0.2) is 53.8 Å². The quantitative estimate of drug-likeness (QED) is 0.493. The maximum Gasteiger partial charge on any atom is 0.332 e. The molecule has 106 valence electrons. The van der Waals surface area contributed by atoms with Gasteiger partial charge >= 0.3 is 24.3 Å². The molecule has 2 amide bonds. The second kappa shape index (κ2) is 6.99. The molecule has 0 spiro atoms. The molecule has 18 heavy (non-hydrogen) atoms. The maximum atomic E-state index is 12.4. The molecule has 4 N–H and O–H groups in total. The van der Waals surface area contributed by atoms with Gasteiger partial charge in [0.15, 0.2) is 6.10 Å². The number of aliphatic carboxylic acids is 1. The Morgan fingerprint density at radius 1 is 1.22 bits per heavy atom. The van der Waals surface area contributed by atoms with Crippen LogP contribution in [0.4, 0.5) is 22.4 Å². The smallest absolute Gasteiger partial charge is 0.332 e. The molecule has 6 nitrogen and oxygen atoms in total. The van der Waals surface area contributed by atoms with E-state index in [2.05, 4.69) is 0 Å². The third-order valence-corrected chi connectivity index (χ3v) is 1.79. The third-order valence-electron chi connectivity index (χ3n) is 1.79. The Labute approximate surface area is 99.0 Å². The highest BCUT2D eigenvalue weighted by Gasteiger charge is 2.40. The lowest BCUT2D eigenvalue weighted by Gasteiger charge is -2.16. The summed E-state index contributed by atoms with van der Waals surface area (Å²) in [4.78, 5) is 21.0. The molecule has 0 bridgehead atoms. The molecule has 0 heterocycles. The van der Waals surface area contributed by atoms with Gasteiger partial charge in [-0.25, -0.2) is 18.4 Å². The fourth-order valence-electron chi connectivity index (χ4n) is 0.784. The summed E-state index contributed by atoms with van der Waals surface area (Å²) >= 11 is 0. The highest BCUT2D eigenvalue weighted by atomic mass is 19.3. The zero-order valence-corrected chi connectivity index (χ0v) is 9.00. The van der Waals surface area contributed by atoms with Crippen LogP contribution in [0.1, 0.15) is 6.42 Å². The van der Waals surface area contributed by atoms with Crippen molar-refractivity contribution < 1.29 is 37.4 Å². The predicted molar refractivity (Wildman–Crippen MR) is 50.6 cm³/mol. The third kappa shape index (κ3) is 6.23. The van der Waals surface area contributed by atoms with E-state index in [1.165, 1.54) is 5.32 Å². The van der Waals surface area contributed by atoms with Crippen molar-refractivity contribution in [3.63, 3.8) is 0 Å². The molecule has 0 saturated heterocycles. The standard InChI is InChI=1S/C8H12F4N2O4/c9-6(10)8(11,12)3-14-7(18)13-2-1-4(15)5(16)17/h4,6,15H,1-3H2,(H,16,17)(H2,13,14,18)/t4-/m0/s1. The van der Waals surface area contributed by atoms with Crippen molar-refractivity contribution in [2.45, 2.75) is 24.9 Å². The first-order valence-electron chi connectivity index (χ1n) is 4.75. The number of carbonyl (C=O) groups is 2. The van der Waals surface area contributed by atoms with Crippen molar-refractivity contribution in [3.05, 3.63) is 0 Å². The van der Waals surface area contributed by atoms with Gasteiger partial charge in [0, 0.05) is 13.0 Å². The minimum absolute atomic E-state index is 0.306. The molecule has 0 aliphatic carbocycles. The number of urea groups is 1. The topological polar surface area (TPSA) is 98.7 Å². The highest BCUT2D eigenvalue weighted by molar-refractivity contribution is 5.74. The molecule has 0 aromatic rings. The lowest BCUT2D eigenvalue weighted by atomic mass is 10.2. The molecular weight excluding hydrogens is 264 g/mol. The lowest BCUT2D eigenvalue weighted by molar-refractivity contribution is -0.146. The number of amides is 2. The Morgan fingerprint density at radius 2 is 1.78 bits per heavy atom. The van der Waals surface area contributed by atoms with Crippen LogP contribution in [0.5, 0.6) is 0 Å². The average Bonchev–Trinajstić information content (AvgIpc) is 2.26. The fourth-order valence-corrected chi connectivity index (χ4v) is 0.784. The van der Waals surface area contributed by atoms with Gasteiger partial charge in [0.25, 0.3) is 0 Å². The van der Waals surface area contributed by atoms with Crippen molar-refractivity contribution >= 4 is 12.0 Å². The molecule has 0 aliphatic heterocycles. The van der Waals surface area contributed by atoms with E-state index in [-0.39, 0.29) is 13.0 Å². The van der Waals surface area contributed by atoms with E-state index in [4.69, 9.17) is 10.2 Å². The van der Waals surface area contributed by atoms with E-state index < -0.39 is 37.0 Å². The van der Waals surface area contributed by atoms with E-state index in [0.717, 1.165) is 0 Å². The Kier molecular flexibility index (Phi) is 6.37. The van der Waals surface area contributed by atoms with Gasteiger partial charge in [-0.2, -0.15) is 8.78 Å². The summed E-state index contributed by atoms with van der Waals surface area (Å²) in [7, 11) is 0. The number of halogens is 4. The van der Waals surface area contributed by atoms with Crippen LogP contribution in [0.2, 0.25) is 0 Å². The van der Waals surface area contributed by atoms with E-state index in [1.807, 2.05) is 5.32 Å². The first kappa shape index (κ1) is 16.4. The van der Waals surface area contributed by atoms with E-state index in [9.17, 15) is 27.2 Å². The van der Waals surface area contributed by atoms with Gasteiger partial charge in [-0.3, -0.25) is 0 Å². The van der Waals surface area contributed by atoms with Crippen molar-refractivity contribution in [1.29, 1.82) is 0 Å². The van der Waals surface area contributed by atoms with Crippen molar-refractivity contribution in [2.24, 2.45) is 0 Å². The SMILES string of the molecule is O=C(NCC[C@H](O)C(=O)O)NCC(F)(F)C(F)F. The number of carbonyl (C=O) groups excluding carboxylic acids is 1. The number of aliphatic hydroxyl groups excluding tert-OH is 1. The molecule has 0 aliphatic rings. The number of carboxylic acids is 1. The molecule has 0 radical (unpaired) electrons. The van der Waals surface area contributed by atoms with Crippen LogP contribution in [0.25, 0.3) is 0 Å². The number of nitrogens with one attached hydrogen (secondary N) is 2. The largest absolute Gasteiger partial charge is 0.479 e. The van der Waals surface area contributed by atoms with Gasteiger partial charge in [-0.15, -0.1) is 0 Å². The van der Waals surface area contributed by atoms with Crippen LogP contribution < -0.4 is 10.6 Å². The maximum absolute atomic E-state index is 12.4. The molecule has 0 aromatic carbocycles. The molecule has 1 atom stereocenters. The number of carboxylic acid groups (broad SMARTS) is 1. The number of rotatable bonds is 7. The molecule has 0 aromatic heterocycles. The number of hydrogen-bond donors (Lipinski definition) is 4. The summed E-state index contributed by atoms with van der Waals surface area (Å²) in [5, 5.41) is 20.5. The van der Waals surface area contributed by atoms with E-state index in [1.54, 1.807) is 0 Å². The van der Waals surface area contributed by atoms with E-state index in [0.29, 0.717) is 0 Å². The molecule has 10 heteroatoms. The monoisotopic (exact) mass is 276 g/mol. The fraction of sp³-hybridized carbons (Fsp3) is 0.750. The molecule has 0 rings (SSSR count). The minimum atomic E-state index is -4.34. The average molecular weight is 276 g/mol. The molecule has 0 unspecified atom stereocenters. The Morgan fingerprint density at radius 3 is 2.22 bits per heavy atom. The van der Waals surface area contributed by atoms with Crippen LogP contribution in [-0.2, 0) is 4.79 Å². The van der Waals surface area contributed by atoms with Crippen LogP contribution in [0.15, 0.2) is 0 Å². The Bertz CT molecular complexity index is 301. The first-order chi connectivity index (χ1) is 8.16. The predicted octanol–water partition coefficient (Wildman–Crippen LogP) is 0.0216. The van der Waals surface area contributed by atoms with E-state index >= 15 is 0 Å². The van der Waals surface area contributed by atoms with Gasteiger partial charge in [-0.1, -0.05) is 0 Å². The van der Waals surface area contributed by atoms with Gasteiger partial charge in [0.1, 0.15) is 0 Å². The zero-order valence-electron chi connectivity index (χ0n) is 9.00. The summed E-state index contributed by atoms with van der Waals surface area (Å²) in [6, 6.07) is -1.16. The molecule has 0 saturated carbocycles. The summed E-state index contributed by atoms with van der Waals surface area (Å²) in [5.74, 6) is -5.83. The highest BCUT2D eigenvalue weighted by Crippen LogP contribution is 2.21. The lowest BCUT2D eigenvalue weighted by Crippen LogP contribution is -2.45. The van der Waals surface area contributed by atoms with Crippen LogP contribution in [0, 0.1) is 0 Å². The number of alkyl halides is 4. The second-order valence-corrected chi connectivity index (χ2v) is 3.31.